The molecule has 6 nitrogen and oxygen atoms in total. The molecule has 1 saturated heterocycles. The Morgan fingerprint density at radius 3 is 3.00 bits per heavy atom. The van der Waals surface area contributed by atoms with E-state index in [1.807, 2.05) is 6.20 Å². The molecule has 3 N–H and O–H groups in total. The molecule has 22 heavy (non-hydrogen) atoms. The number of nitrogens with one attached hydrogen (secondary N) is 1. The minimum absolute atomic E-state index is 0.296. The second-order valence-electron chi connectivity index (χ2n) is 5.65. The highest BCUT2D eigenvalue weighted by Crippen LogP contribution is 2.29. The lowest BCUT2D eigenvalue weighted by molar-refractivity contribution is 0.0995. The standard InChI is InChI=1S/C15H18BrN5O/c1-9-5-14(18-7-11(9)16)21-4-2-3-10(8-21)12-6-13(15(17)22)20-19-12/h5-7,10H,2-4,8H2,1H3,(H2,17,22)(H,19,20). The van der Waals surface area contributed by atoms with E-state index in [1.165, 1.54) is 5.56 Å². The normalized spacial score (nSPS) is 18.5. The van der Waals surface area contributed by atoms with Crippen molar-refractivity contribution in [3.05, 3.63) is 39.8 Å². The number of nitrogens with zero attached hydrogens (tertiary/aromatic N) is 3. The Bertz CT molecular complexity index is 699. The van der Waals surface area contributed by atoms with Gasteiger partial charge in [-0.15, -0.1) is 0 Å². The number of halogens is 1. The topological polar surface area (TPSA) is 87.9 Å². The smallest absolute Gasteiger partial charge is 0.269 e. The number of hydrogen-bond acceptors (Lipinski definition) is 4. The number of anilines is 1. The van der Waals surface area contributed by atoms with E-state index in [4.69, 9.17) is 5.73 Å². The van der Waals surface area contributed by atoms with Gasteiger partial charge in [0.05, 0.1) is 0 Å². The van der Waals surface area contributed by atoms with Gasteiger partial charge in [0.1, 0.15) is 11.5 Å². The van der Waals surface area contributed by atoms with Gasteiger partial charge in [0, 0.05) is 35.4 Å². The zero-order chi connectivity index (χ0) is 15.7. The third-order valence-electron chi connectivity index (χ3n) is 4.07. The summed E-state index contributed by atoms with van der Waals surface area (Å²) in [7, 11) is 0. The molecule has 1 aliphatic rings. The van der Waals surface area contributed by atoms with Crippen molar-refractivity contribution in [3.8, 4) is 0 Å². The van der Waals surface area contributed by atoms with Crippen molar-refractivity contribution in [2.24, 2.45) is 5.73 Å². The van der Waals surface area contributed by atoms with Gasteiger partial charge < -0.3 is 10.6 Å². The Morgan fingerprint density at radius 2 is 2.32 bits per heavy atom. The third-order valence-corrected chi connectivity index (χ3v) is 4.90. The first-order chi connectivity index (χ1) is 10.5. The van der Waals surface area contributed by atoms with Crippen LogP contribution in [0.2, 0.25) is 0 Å². The maximum absolute atomic E-state index is 11.2. The minimum Gasteiger partial charge on any atom is -0.364 e. The second kappa shape index (κ2) is 6.08. The van der Waals surface area contributed by atoms with Gasteiger partial charge in [-0.2, -0.15) is 5.10 Å². The average Bonchev–Trinajstić information content (AvgIpc) is 3.00. The van der Waals surface area contributed by atoms with E-state index in [9.17, 15) is 4.79 Å². The van der Waals surface area contributed by atoms with Crippen molar-refractivity contribution in [1.82, 2.24) is 15.2 Å². The molecular formula is C15H18BrN5O. The fraction of sp³-hybridized carbons (Fsp3) is 0.400. The van der Waals surface area contributed by atoms with E-state index in [0.717, 1.165) is 41.9 Å². The van der Waals surface area contributed by atoms with Gasteiger partial charge >= 0.3 is 0 Å². The summed E-state index contributed by atoms with van der Waals surface area (Å²) in [5.74, 6) is 0.792. The molecular weight excluding hydrogens is 346 g/mol. The molecule has 2 aromatic heterocycles. The van der Waals surface area contributed by atoms with E-state index >= 15 is 0 Å². The first kappa shape index (κ1) is 15.0. The highest BCUT2D eigenvalue weighted by atomic mass is 79.9. The molecule has 2 aromatic rings. The van der Waals surface area contributed by atoms with Gasteiger partial charge in [-0.25, -0.2) is 4.98 Å². The molecule has 1 amide bonds. The van der Waals surface area contributed by atoms with Gasteiger partial charge in [0.2, 0.25) is 0 Å². The van der Waals surface area contributed by atoms with E-state index in [2.05, 4.69) is 49.0 Å². The van der Waals surface area contributed by atoms with E-state index < -0.39 is 5.91 Å². The number of carbonyl (C=O) groups excluding carboxylic acids is 1. The highest BCUT2D eigenvalue weighted by Gasteiger charge is 2.24. The monoisotopic (exact) mass is 363 g/mol. The molecule has 1 fully saturated rings. The largest absolute Gasteiger partial charge is 0.364 e. The first-order valence-electron chi connectivity index (χ1n) is 7.27. The summed E-state index contributed by atoms with van der Waals surface area (Å²) in [5, 5.41) is 6.92. The molecule has 1 atom stereocenters. The van der Waals surface area contributed by atoms with Crippen LogP contribution in [0.25, 0.3) is 0 Å². The number of carbonyl (C=O) groups is 1. The molecule has 0 bridgehead atoms. The Morgan fingerprint density at radius 1 is 1.50 bits per heavy atom. The van der Waals surface area contributed by atoms with Crippen LogP contribution < -0.4 is 10.6 Å². The summed E-state index contributed by atoms with van der Waals surface area (Å²) in [6.07, 6.45) is 3.98. The fourth-order valence-electron chi connectivity index (χ4n) is 2.81. The number of H-pyrrole nitrogens is 1. The fourth-order valence-corrected chi connectivity index (χ4v) is 3.03. The zero-order valence-electron chi connectivity index (χ0n) is 12.3. The van der Waals surface area contributed by atoms with Crippen molar-refractivity contribution in [2.45, 2.75) is 25.7 Å². The summed E-state index contributed by atoms with van der Waals surface area (Å²) in [6, 6.07) is 3.85. The van der Waals surface area contributed by atoms with Crippen LogP contribution in [0.5, 0.6) is 0 Å². The second-order valence-corrected chi connectivity index (χ2v) is 6.50. The van der Waals surface area contributed by atoms with E-state index in [0.29, 0.717) is 11.6 Å². The van der Waals surface area contributed by atoms with Crippen LogP contribution in [0, 0.1) is 6.92 Å². The number of hydrogen-bond donors (Lipinski definition) is 2. The highest BCUT2D eigenvalue weighted by molar-refractivity contribution is 9.10. The maximum Gasteiger partial charge on any atom is 0.269 e. The van der Waals surface area contributed by atoms with Crippen molar-refractivity contribution in [1.29, 1.82) is 0 Å². The molecule has 1 unspecified atom stereocenters. The Labute approximate surface area is 137 Å². The zero-order valence-corrected chi connectivity index (χ0v) is 13.9. The van der Waals surface area contributed by atoms with Crippen LogP contribution in [-0.4, -0.2) is 34.2 Å². The van der Waals surface area contributed by atoms with Crippen LogP contribution >= 0.6 is 15.9 Å². The molecule has 0 spiro atoms. The Balaban J connectivity index is 1.78. The van der Waals surface area contributed by atoms with Crippen molar-refractivity contribution in [3.63, 3.8) is 0 Å². The molecule has 0 saturated carbocycles. The number of aromatic nitrogens is 3. The number of amides is 1. The summed E-state index contributed by atoms with van der Waals surface area (Å²) in [6.45, 7) is 3.90. The maximum atomic E-state index is 11.2. The molecule has 0 radical (unpaired) electrons. The number of piperidine rings is 1. The van der Waals surface area contributed by atoms with Gasteiger partial charge in [-0.1, -0.05) is 0 Å². The van der Waals surface area contributed by atoms with Crippen molar-refractivity contribution < 1.29 is 4.79 Å². The number of pyridine rings is 1. The van der Waals surface area contributed by atoms with Crippen molar-refractivity contribution in [2.75, 3.05) is 18.0 Å². The van der Waals surface area contributed by atoms with Crippen LogP contribution in [-0.2, 0) is 0 Å². The summed E-state index contributed by atoms with van der Waals surface area (Å²) >= 11 is 3.48. The minimum atomic E-state index is -0.500. The number of aromatic amines is 1. The summed E-state index contributed by atoms with van der Waals surface area (Å²) < 4.78 is 1.02. The molecule has 3 rings (SSSR count). The SMILES string of the molecule is Cc1cc(N2CCCC(c3cc(C(N)=O)n[nH]3)C2)ncc1Br. The van der Waals surface area contributed by atoms with E-state index in [-0.39, 0.29) is 0 Å². The lowest BCUT2D eigenvalue weighted by atomic mass is 9.94. The predicted octanol–water partition coefficient (Wildman–Crippen LogP) is 2.36. The first-order valence-corrected chi connectivity index (χ1v) is 8.06. The number of primary amides is 1. The van der Waals surface area contributed by atoms with Gasteiger partial charge in [-0.3, -0.25) is 9.89 Å². The molecule has 3 heterocycles. The number of aryl methyl sites for hydroxylation is 1. The Kier molecular flexibility index (Phi) is 4.15. The van der Waals surface area contributed by atoms with Gasteiger partial charge in [-0.05, 0) is 53.4 Å². The lowest BCUT2D eigenvalue weighted by Crippen LogP contribution is -2.35. The van der Waals surface area contributed by atoms with Crippen LogP contribution in [0.3, 0.4) is 0 Å². The molecule has 1 aliphatic heterocycles. The number of nitrogens with two attached hydrogens (primary N) is 1. The molecule has 116 valence electrons. The molecule has 7 heteroatoms. The van der Waals surface area contributed by atoms with Gasteiger partial charge in [0.15, 0.2) is 0 Å². The van der Waals surface area contributed by atoms with Crippen LogP contribution in [0.1, 0.15) is 40.5 Å². The summed E-state index contributed by atoms with van der Waals surface area (Å²) in [4.78, 5) is 17.9. The van der Waals surface area contributed by atoms with Crippen LogP contribution in [0.15, 0.2) is 22.8 Å². The quantitative estimate of drug-likeness (QED) is 0.875. The third kappa shape index (κ3) is 2.99. The summed E-state index contributed by atoms with van der Waals surface area (Å²) in [5.41, 5.74) is 7.69. The van der Waals surface area contributed by atoms with E-state index in [1.54, 1.807) is 6.07 Å². The number of rotatable bonds is 3. The Hall–Kier alpha value is -1.89. The average molecular weight is 364 g/mol. The van der Waals surface area contributed by atoms with Crippen LogP contribution in [0.4, 0.5) is 5.82 Å². The predicted molar refractivity (Wildman–Crippen MR) is 88.0 cm³/mol. The molecule has 0 aromatic carbocycles. The molecule has 0 aliphatic carbocycles. The lowest BCUT2D eigenvalue weighted by Gasteiger charge is -2.33. The van der Waals surface area contributed by atoms with Gasteiger partial charge in [0.25, 0.3) is 5.91 Å². The van der Waals surface area contributed by atoms with Crippen molar-refractivity contribution >= 4 is 27.7 Å².